The third kappa shape index (κ3) is 7.96. The average Bonchev–Trinajstić information content (AvgIpc) is 3.00. The van der Waals surface area contributed by atoms with Crippen LogP contribution in [0.25, 0.3) is 0 Å². The van der Waals surface area contributed by atoms with E-state index in [1.165, 1.54) is 17.0 Å². The minimum Gasteiger partial charge on any atom is -0.355 e. The Morgan fingerprint density at radius 3 is 1.98 bits per heavy atom. The number of amides is 2. The number of benzene rings is 4. The predicted molar refractivity (Wildman–Crippen MR) is 172 cm³/mol. The van der Waals surface area contributed by atoms with Crippen molar-refractivity contribution in [1.29, 1.82) is 0 Å². The average molecular weight is 639 g/mol. The Labute approximate surface area is 263 Å². The second-order valence-corrected chi connectivity index (χ2v) is 12.7. The predicted octanol–water partition coefficient (Wildman–Crippen LogP) is 6.27. The summed E-state index contributed by atoms with van der Waals surface area (Å²) >= 11 is 13.0. The number of aryl methyl sites for hydroxylation is 1. The van der Waals surface area contributed by atoms with Gasteiger partial charge in [-0.1, -0.05) is 95.5 Å². The quantitative estimate of drug-likeness (QED) is 0.198. The van der Waals surface area contributed by atoms with Crippen molar-refractivity contribution in [2.75, 3.05) is 17.4 Å². The van der Waals surface area contributed by atoms with Crippen molar-refractivity contribution in [3.05, 3.63) is 130 Å². The van der Waals surface area contributed by atoms with Crippen molar-refractivity contribution in [3.63, 3.8) is 0 Å². The molecule has 1 N–H and O–H groups in total. The standard InChI is InChI=1S/C33H33Cl2N3O4S/c1-3-36-33(40)31(21-25-11-6-4-7-12-25)37(22-28-29(34)15-10-16-30(28)35)32(39)23-38(26-19-17-24(2)18-20-26)43(41,42)27-13-8-5-9-14-27/h4-20,31H,3,21-23H2,1-2H3,(H,36,40)/t31-/m0/s1. The lowest BCUT2D eigenvalue weighted by Gasteiger charge is -2.34. The number of hydrogen-bond acceptors (Lipinski definition) is 4. The Morgan fingerprint density at radius 2 is 1.40 bits per heavy atom. The van der Waals surface area contributed by atoms with Gasteiger partial charge in [-0.05, 0) is 55.8 Å². The summed E-state index contributed by atoms with van der Waals surface area (Å²) in [5.74, 6) is -0.973. The van der Waals surface area contributed by atoms with Crippen molar-refractivity contribution in [2.24, 2.45) is 0 Å². The highest BCUT2D eigenvalue weighted by Gasteiger charge is 2.35. The number of carbonyl (C=O) groups excluding carboxylic acids is 2. The summed E-state index contributed by atoms with van der Waals surface area (Å²) in [6.45, 7) is 3.35. The fourth-order valence-electron chi connectivity index (χ4n) is 4.66. The van der Waals surface area contributed by atoms with Gasteiger partial charge < -0.3 is 10.2 Å². The normalized spacial score (nSPS) is 11.9. The molecule has 10 heteroatoms. The van der Waals surface area contributed by atoms with Gasteiger partial charge in [-0.2, -0.15) is 0 Å². The van der Waals surface area contributed by atoms with Crippen LogP contribution in [-0.4, -0.2) is 44.3 Å². The number of likely N-dealkylation sites (N-methyl/N-ethyl adjacent to an activating group) is 1. The van der Waals surface area contributed by atoms with E-state index in [1.807, 2.05) is 37.3 Å². The van der Waals surface area contributed by atoms with Gasteiger partial charge in [0.1, 0.15) is 12.6 Å². The van der Waals surface area contributed by atoms with E-state index in [9.17, 15) is 18.0 Å². The van der Waals surface area contributed by atoms with Crippen molar-refractivity contribution >= 4 is 50.7 Å². The van der Waals surface area contributed by atoms with E-state index in [0.717, 1.165) is 15.4 Å². The van der Waals surface area contributed by atoms with Crippen LogP contribution in [0.15, 0.2) is 108 Å². The zero-order valence-corrected chi connectivity index (χ0v) is 26.2. The molecule has 4 rings (SSSR count). The number of carbonyl (C=O) groups is 2. The number of halogens is 2. The van der Waals surface area contributed by atoms with Crippen molar-refractivity contribution in [3.8, 4) is 0 Å². The van der Waals surface area contributed by atoms with E-state index in [0.29, 0.717) is 27.8 Å². The van der Waals surface area contributed by atoms with E-state index >= 15 is 0 Å². The van der Waals surface area contributed by atoms with E-state index in [-0.39, 0.29) is 23.8 Å². The smallest absolute Gasteiger partial charge is 0.264 e. The second-order valence-electron chi connectivity index (χ2n) is 9.98. The lowest BCUT2D eigenvalue weighted by atomic mass is 10.0. The van der Waals surface area contributed by atoms with E-state index in [2.05, 4.69) is 5.32 Å². The Hall–Kier alpha value is -3.85. The summed E-state index contributed by atoms with van der Waals surface area (Å²) in [6, 6.07) is 28.1. The van der Waals surface area contributed by atoms with Gasteiger partial charge in [-0.3, -0.25) is 13.9 Å². The molecule has 0 aliphatic heterocycles. The fourth-order valence-corrected chi connectivity index (χ4v) is 6.61. The molecule has 0 saturated heterocycles. The van der Waals surface area contributed by atoms with Crippen LogP contribution in [0.2, 0.25) is 10.0 Å². The first-order valence-electron chi connectivity index (χ1n) is 13.8. The summed E-state index contributed by atoms with van der Waals surface area (Å²) in [6.07, 6.45) is 0.191. The first-order valence-corrected chi connectivity index (χ1v) is 16.0. The van der Waals surface area contributed by atoms with E-state index in [1.54, 1.807) is 67.6 Å². The van der Waals surface area contributed by atoms with Crippen molar-refractivity contribution in [1.82, 2.24) is 10.2 Å². The van der Waals surface area contributed by atoms with Gasteiger partial charge in [0, 0.05) is 35.1 Å². The monoisotopic (exact) mass is 637 g/mol. The SMILES string of the molecule is CCNC(=O)[C@H](Cc1ccccc1)N(Cc1c(Cl)cccc1Cl)C(=O)CN(c1ccc(C)cc1)S(=O)(=O)c1ccccc1. The highest BCUT2D eigenvalue weighted by Crippen LogP contribution is 2.29. The van der Waals surface area contributed by atoms with Crippen LogP contribution >= 0.6 is 23.2 Å². The van der Waals surface area contributed by atoms with Crippen LogP contribution < -0.4 is 9.62 Å². The zero-order valence-electron chi connectivity index (χ0n) is 23.9. The number of nitrogens with zero attached hydrogens (tertiary/aromatic N) is 2. The zero-order chi connectivity index (χ0) is 31.0. The molecule has 2 amide bonds. The van der Waals surface area contributed by atoms with Crippen LogP contribution in [0.5, 0.6) is 0 Å². The van der Waals surface area contributed by atoms with Gasteiger partial charge >= 0.3 is 0 Å². The maximum Gasteiger partial charge on any atom is 0.264 e. The van der Waals surface area contributed by atoms with Gasteiger partial charge in [-0.15, -0.1) is 0 Å². The molecule has 0 radical (unpaired) electrons. The molecule has 0 aromatic heterocycles. The Morgan fingerprint density at radius 1 is 0.814 bits per heavy atom. The number of nitrogens with one attached hydrogen (secondary N) is 1. The largest absolute Gasteiger partial charge is 0.355 e. The minimum absolute atomic E-state index is 0.0358. The van der Waals surface area contributed by atoms with Gasteiger partial charge in [0.05, 0.1) is 10.6 Å². The van der Waals surface area contributed by atoms with Crippen LogP contribution in [0, 0.1) is 6.92 Å². The first-order chi connectivity index (χ1) is 20.6. The lowest BCUT2D eigenvalue weighted by molar-refractivity contribution is -0.140. The summed E-state index contributed by atoms with van der Waals surface area (Å²) in [4.78, 5) is 29.4. The first kappa shape index (κ1) is 32.1. The number of hydrogen-bond donors (Lipinski definition) is 1. The van der Waals surface area contributed by atoms with Crippen LogP contribution in [0.1, 0.15) is 23.6 Å². The van der Waals surface area contributed by atoms with Crippen molar-refractivity contribution < 1.29 is 18.0 Å². The topological polar surface area (TPSA) is 86.8 Å². The third-order valence-corrected chi connectivity index (χ3v) is 9.44. The lowest BCUT2D eigenvalue weighted by Crippen LogP contribution is -2.53. The maximum absolute atomic E-state index is 14.4. The molecule has 0 spiro atoms. The molecular weight excluding hydrogens is 605 g/mol. The molecule has 7 nitrogen and oxygen atoms in total. The summed E-state index contributed by atoms with van der Waals surface area (Å²) in [5, 5.41) is 3.48. The molecule has 43 heavy (non-hydrogen) atoms. The molecule has 4 aromatic rings. The highest BCUT2D eigenvalue weighted by molar-refractivity contribution is 7.92. The molecule has 224 valence electrons. The van der Waals surface area contributed by atoms with Gasteiger partial charge in [0.2, 0.25) is 11.8 Å². The summed E-state index contributed by atoms with van der Waals surface area (Å²) in [7, 11) is -4.17. The van der Waals surface area contributed by atoms with Crippen LogP contribution in [0.3, 0.4) is 0 Å². The van der Waals surface area contributed by atoms with Crippen LogP contribution in [-0.2, 0) is 32.6 Å². The molecule has 1 atom stereocenters. The molecule has 0 unspecified atom stereocenters. The number of sulfonamides is 1. The minimum atomic E-state index is -4.17. The Bertz CT molecular complexity index is 1630. The molecule has 0 aliphatic rings. The Balaban J connectivity index is 1.82. The number of rotatable bonds is 12. The Kier molecular flexibility index (Phi) is 10.9. The van der Waals surface area contributed by atoms with Crippen LogP contribution in [0.4, 0.5) is 5.69 Å². The van der Waals surface area contributed by atoms with Gasteiger partial charge in [0.25, 0.3) is 10.0 Å². The molecule has 0 heterocycles. The van der Waals surface area contributed by atoms with E-state index < -0.39 is 28.5 Å². The molecule has 0 saturated carbocycles. The highest BCUT2D eigenvalue weighted by atomic mass is 35.5. The molecule has 4 aromatic carbocycles. The summed E-state index contributed by atoms with van der Waals surface area (Å²) in [5.41, 5.74) is 2.53. The van der Waals surface area contributed by atoms with Gasteiger partial charge in [0.15, 0.2) is 0 Å². The third-order valence-electron chi connectivity index (χ3n) is 6.94. The number of anilines is 1. The second kappa shape index (κ2) is 14.6. The maximum atomic E-state index is 14.4. The van der Waals surface area contributed by atoms with Crippen molar-refractivity contribution in [2.45, 2.75) is 37.8 Å². The molecular formula is C33H33Cl2N3O4S. The molecule has 0 aliphatic carbocycles. The van der Waals surface area contributed by atoms with E-state index in [4.69, 9.17) is 23.2 Å². The fraction of sp³-hybridized carbons (Fsp3) is 0.212. The van der Waals surface area contributed by atoms with Gasteiger partial charge in [-0.25, -0.2) is 8.42 Å². The molecule has 0 bridgehead atoms. The molecule has 0 fully saturated rings. The summed E-state index contributed by atoms with van der Waals surface area (Å²) < 4.78 is 29.0.